The molecule has 0 unspecified atom stereocenters. The Morgan fingerprint density at radius 1 is 1.10 bits per heavy atom. The number of aryl methyl sites for hydroxylation is 1. The summed E-state index contributed by atoms with van der Waals surface area (Å²) in [6.45, 7) is 4.93. The smallest absolute Gasteiger partial charge is 0.228 e. The van der Waals surface area contributed by atoms with E-state index in [4.69, 9.17) is 0 Å². The highest BCUT2D eigenvalue weighted by Gasteiger charge is 2.28. The molecule has 4 rings (SSSR count). The molecular formula is C21H27N5O2S. The SMILES string of the molecule is Cc1ccc(CNC(=O)C2CCN(c3nnc(N4CCCCC4=O)s3)CC2)cc1. The summed E-state index contributed by atoms with van der Waals surface area (Å²) in [6.07, 6.45) is 4.18. The number of rotatable bonds is 5. The molecule has 0 aliphatic carbocycles. The second-order valence-corrected chi connectivity index (χ2v) is 8.77. The van der Waals surface area contributed by atoms with Crippen molar-refractivity contribution < 1.29 is 9.59 Å². The number of hydrogen-bond acceptors (Lipinski definition) is 6. The van der Waals surface area contributed by atoms with Gasteiger partial charge in [0.25, 0.3) is 0 Å². The van der Waals surface area contributed by atoms with E-state index in [1.54, 1.807) is 4.90 Å². The van der Waals surface area contributed by atoms with Crippen molar-refractivity contribution in [2.75, 3.05) is 29.4 Å². The zero-order chi connectivity index (χ0) is 20.2. The number of nitrogens with zero attached hydrogens (tertiary/aromatic N) is 4. The van der Waals surface area contributed by atoms with Gasteiger partial charge in [-0.15, -0.1) is 10.2 Å². The van der Waals surface area contributed by atoms with Crippen molar-refractivity contribution in [3.63, 3.8) is 0 Å². The summed E-state index contributed by atoms with van der Waals surface area (Å²) in [5.41, 5.74) is 2.34. The lowest BCUT2D eigenvalue weighted by atomic mass is 9.96. The largest absolute Gasteiger partial charge is 0.352 e. The number of benzene rings is 1. The van der Waals surface area contributed by atoms with Crippen LogP contribution >= 0.6 is 11.3 Å². The number of amides is 2. The first kappa shape index (κ1) is 19.8. The van der Waals surface area contributed by atoms with E-state index in [0.717, 1.165) is 56.0 Å². The number of carbonyl (C=O) groups excluding carboxylic acids is 2. The summed E-state index contributed by atoms with van der Waals surface area (Å²) >= 11 is 1.48. The average Bonchev–Trinajstić information content (AvgIpc) is 3.23. The zero-order valence-electron chi connectivity index (χ0n) is 16.8. The van der Waals surface area contributed by atoms with Crippen molar-refractivity contribution in [2.24, 2.45) is 5.92 Å². The normalized spacial score (nSPS) is 18.2. The Morgan fingerprint density at radius 2 is 1.83 bits per heavy atom. The number of piperidine rings is 2. The molecule has 1 N–H and O–H groups in total. The summed E-state index contributed by atoms with van der Waals surface area (Å²) in [5.74, 6) is 0.303. The van der Waals surface area contributed by atoms with Crippen LogP contribution in [-0.4, -0.2) is 41.6 Å². The van der Waals surface area contributed by atoms with E-state index >= 15 is 0 Å². The number of aromatic nitrogens is 2. The van der Waals surface area contributed by atoms with E-state index in [1.165, 1.54) is 16.9 Å². The molecule has 3 heterocycles. The van der Waals surface area contributed by atoms with Crippen LogP contribution in [0, 0.1) is 12.8 Å². The van der Waals surface area contributed by atoms with E-state index in [9.17, 15) is 9.59 Å². The first-order chi connectivity index (χ1) is 14.1. The van der Waals surface area contributed by atoms with Crippen molar-refractivity contribution in [3.8, 4) is 0 Å². The first-order valence-corrected chi connectivity index (χ1v) is 11.1. The van der Waals surface area contributed by atoms with Crippen LogP contribution in [-0.2, 0) is 16.1 Å². The van der Waals surface area contributed by atoms with Crippen LogP contribution in [0.5, 0.6) is 0 Å². The molecule has 2 aliphatic rings. The Labute approximate surface area is 175 Å². The summed E-state index contributed by atoms with van der Waals surface area (Å²) in [6, 6.07) is 8.23. The molecule has 154 valence electrons. The van der Waals surface area contributed by atoms with Crippen molar-refractivity contribution in [3.05, 3.63) is 35.4 Å². The number of carbonyl (C=O) groups is 2. The third-order valence-electron chi connectivity index (χ3n) is 5.68. The van der Waals surface area contributed by atoms with Crippen molar-refractivity contribution in [1.29, 1.82) is 0 Å². The van der Waals surface area contributed by atoms with E-state index in [1.807, 2.05) is 0 Å². The maximum atomic E-state index is 12.5. The summed E-state index contributed by atoms with van der Waals surface area (Å²) in [5, 5.41) is 13.2. The van der Waals surface area contributed by atoms with Crippen LogP contribution in [0.2, 0.25) is 0 Å². The molecule has 29 heavy (non-hydrogen) atoms. The number of hydrogen-bond donors (Lipinski definition) is 1. The van der Waals surface area contributed by atoms with Crippen LogP contribution in [0.4, 0.5) is 10.3 Å². The van der Waals surface area contributed by atoms with Gasteiger partial charge >= 0.3 is 0 Å². The Kier molecular flexibility index (Phi) is 6.08. The molecular weight excluding hydrogens is 386 g/mol. The van der Waals surface area contributed by atoms with Crippen LogP contribution in [0.25, 0.3) is 0 Å². The molecule has 2 aliphatic heterocycles. The van der Waals surface area contributed by atoms with Gasteiger partial charge in [-0.2, -0.15) is 0 Å². The molecule has 0 atom stereocenters. The zero-order valence-corrected chi connectivity index (χ0v) is 17.6. The summed E-state index contributed by atoms with van der Waals surface area (Å²) < 4.78 is 0. The maximum absolute atomic E-state index is 12.5. The molecule has 0 spiro atoms. The molecule has 2 aromatic rings. The summed E-state index contributed by atoms with van der Waals surface area (Å²) in [4.78, 5) is 28.6. The van der Waals surface area contributed by atoms with Gasteiger partial charge in [-0.3, -0.25) is 14.5 Å². The fourth-order valence-corrected chi connectivity index (χ4v) is 4.77. The first-order valence-electron chi connectivity index (χ1n) is 10.3. The van der Waals surface area contributed by atoms with Crippen LogP contribution < -0.4 is 15.1 Å². The van der Waals surface area contributed by atoms with Gasteiger partial charge in [-0.1, -0.05) is 41.2 Å². The van der Waals surface area contributed by atoms with Crippen LogP contribution in [0.15, 0.2) is 24.3 Å². The molecule has 2 saturated heterocycles. The van der Waals surface area contributed by atoms with Gasteiger partial charge in [0.05, 0.1) is 0 Å². The average molecular weight is 414 g/mol. The quantitative estimate of drug-likeness (QED) is 0.815. The topological polar surface area (TPSA) is 78.4 Å². The van der Waals surface area contributed by atoms with Gasteiger partial charge in [0, 0.05) is 38.5 Å². The van der Waals surface area contributed by atoms with E-state index in [2.05, 4.69) is 51.6 Å². The fourth-order valence-electron chi connectivity index (χ4n) is 3.83. The Morgan fingerprint density at radius 3 is 2.55 bits per heavy atom. The predicted molar refractivity (Wildman–Crippen MR) is 114 cm³/mol. The molecule has 1 aromatic heterocycles. The van der Waals surface area contributed by atoms with Gasteiger partial charge in [-0.25, -0.2) is 0 Å². The Balaban J connectivity index is 1.27. The highest BCUT2D eigenvalue weighted by Crippen LogP contribution is 2.31. The minimum absolute atomic E-state index is 0.0350. The van der Waals surface area contributed by atoms with Crippen molar-refractivity contribution >= 4 is 33.4 Å². The second kappa shape index (κ2) is 8.90. The van der Waals surface area contributed by atoms with E-state index in [0.29, 0.717) is 18.1 Å². The van der Waals surface area contributed by atoms with Crippen molar-refractivity contribution in [1.82, 2.24) is 15.5 Å². The second-order valence-electron chi connectivity index (χ2n) is 7.83. The summed E-state index contributed by atoms with van der Waals surface area (Å²) in [7, 11) is 0. The molecule has 2 amide bonds. The number of nitrogens with one attached hydrogen (secondary N) is 1. The minimum atomic E-state index is 0.0350. The standard InChI is InChI=1S/C21H27N5O2S/c1-15-5-7-16(8-6-15)14-22-19(28)17-9-12-25(13-10-17)20-23-24-21(29-20)26-11-3-2-4-18(26)27/h5-8,17H,2-4,9-14H2,1H3,(H,22,28). The van der Waals surface area contributed by atoms with Gasteiger partial charge in [0.2, 0.25) is 22.1 Å². The molecule has 0 bridgehead atoms. The van der Waals surface area contributed by atoms with Gasteiger partial charge in [-0.05, 0) is 38.2 Å². The lowest BCUT2D eigenvalue weighted by Gasteiger charge is -2.30. The lowest BCUT2D eigenvalue weighted by Crippen LogP contribution is -2.40. The van der Waals surface area contributed by atoms with Gasteiger partial charge < -0.3 is 10.2 Å². The van der Waals surface area contributed by atoms with E-state index < -0.39 is 0 Å². The molecule has 2 fully saturated rings. The van der Waals surface area contributed by atoms with Gasteiger partial charge in [0.15, 0.2) is 0 Å². The Hall–Kier alpha value is -2.48. The minimum Gasteiger partial charge on any atom is -0.352 e. The van der Waals surface area contributed by atoms with Gasteiger partial charge in [0.1, 0.15) is 0 Å². The highest BCUT2D eigenvalue weighted by atomic mass is 32.1. The third-order valence-corrected chi connectivity index (χ3v) is 6.69. The molecule has 0 saturated carbocycles. The van der Waals surface area contributed by atoms with Crippen LogP contribution in [0.1, 0.15) is 43.2 Å². The molecule has 7 nitrogen and oxygen atoms in total. The maximum Gasteiger partial charge on any atom is 0.228 e. The van der Waals surface area contributed by atoms with Crippen LogP contribution in [0.3, 0.4) is 0 Å². The molecule has 0 radical (unpaired) electrons. The monoisotopic (exact) mass is 413 g/mol. The molecule has 8 heteroatoms. The predicted octanol–water partition coefficient (Wildman–Crippen LogP) is 2.90. The third kappa shape index (κ3) is 4.75. The van der Waals surface area contributed by atoms with Crippen molar-refractivity contribution in [2.45, 2.75) is 45.6 Å². The van der Waals surface area contributed by atoms with E-state index in [-0.39, 0.29) is 17.7 Å². The highest BCUT2D eigenvalue weighted by molar-refractivity contribution is 7.19. The Bertz CT molecular complexity index is 858. The molecule has 1 aromatic carbocycles. The fraction of sp³-hybridized carbons (Fsp3) is 0.524. The number of anilines is 2. The lowest BCUT2D eigenvalue weighted by molar-refractivity contribution is -0.125.